The maximum Gasteiger partial charge on any atom is 0.435 e. The van der Waals surface area contributed by atoms with Gasteiger partial charge < -0.3 is 4.90 Å². The molecule has 2 aromatic rings. The molecule has 116 valence electrons. The van der Waals surface area contributed by atoms with Crippen LogP contribution in [0.3, 0.4) is 0 Å². The molecule has 0 bridgehead atoms. The van der Waals surface area contributed by atoms with Gasteiger partial charge in [0.05, 0.1) is 10.6 Å². The highest BCUT2D eigenvalue weighted by Crippen LogP contribution is 2.34. The molecule has 0 saturated carbocycles. The van der Waals surface area contributed by atoms with Crippen LogP contribution in [0.1, 0.15) is 17.0 Å². The minimum Gasteiger partial charge on any atom is -0.309 e. The number of hydrogen-bond acceptors (Lipinski definition) is 3. The normalized spacial score (nSPS) is 12.3. The number of hydrogen-bond donors (Lipinski definition) is 0. The summed E-state index contributed by atoms with van der Waals surface area (Å²) in [7, 11) is 5.58. The quantitative estimate of drug-likeness (QED) is 0.839. The van der Waals surface area contributed by atoms with Crippen LogP contribution in [-0.4, -0.2) is 35.3 Å². The average Bonchev–Trinajstić information content (AvgIpc) is 2.94. The van der Waals surface area contributed by atoms with Gasteiger partial charge in [-0.1, -0.05) is 0 Å². The molecule has 2 heterocycles. The lowest BCUT2D eigenvalue weighted by atomic mass is 10.2. The summed E-state index contributed by atoms with van der Waals surface area (Å²) < 4.78 is 39.3. The molecule has 2 aromatic heterocycles. The van der Waals surface area contributed by atoms with E-state index in [1.807, 2.05) is 26.2 Å². The summed E-state index contributed by atoms with van der Waals surface area (Å²) in [6.45, 7) is 0.997. The van der Waals surface area contributed by atoms with Crippen LogP contribution in [0.5, 0.6) is 0 Å². The van der Waals surface area contributed by atoms with Crippen molar-refractivity contribution in [3.63, 3.8) is 0 Å². The second-order valence-electron chi connectivity index (χ2n) is 5.21. The molecule has 0 N–H and O–H groups in total. The molecule has 0 atom stereocenters. The van der Waals surface area contributed by atoms with E-state index in [-0.39, 0.29) is 0 Å². The molecule has 2 rings (SSSR count). The Morgan fingerprint density at radius 2 is 2.00 bits per heavy atom. The Labute approximate surface area is 126 Å². The maximum absolute atomic E-state index is 12.7. The van der Waals surface area contributed by atoms with Crippen LogP contribution in [0.2, 0.25) is 0 Å². The van der Waals surface area contributed by atoms with E-state index in [0.29, 0.717) is 5.69 Å². The van der Waals surface area contributed by atoms with Crippen molar-refractivity contribution in [3.8, 4) is 10.6 Å². The fourth-order valence-electron chi connectivity index (χ4n) is 2.06. The summed E-state index contributed by atoms with van der Waals surface area (Å²) in [5, 5.41) is 3.54. The average molecular weight is 317 g/mol. The molecule has 0 unspecified atom stereocenters. The van der Waals surface area contributed by atoms with E-state index in [1.54, 1.807) is 0 Å². The molecule has 0 amide bonds. The van der Waals surface area contributed by atoms with Gasteiger partial charge in [-0.2, -0.15) is 18.3 Å². The molecule has 0 spiro atoms. The van der Waals surface area contributed by atoms with Gasteiger partial charge in [-0.25, -0.2) is 0 Å². The Morgan fingerprint density at radius 3 is 2.57 bits per heavy atom. The van der Waals surface area contributed by atoms with E-state index in [4.69, 9.17) is 0 Å². The van der Waals surface area contributed by atoms with Crippen molar-refractivity contribution in [1.29, 1.82) is 0 Å². The van der Waals surface area contributed by atoms with Crippen molar-refractivity contribution in [1.82, 2.24) is 14.7 Å². The molecule has 0 aromatic carbocycles. The van der Waals surface area contributed by atoms with Crippen LogP contribution in [0.4, 0.5) is 13.2 Å². The first-order chi connectivity index (χ1) is 9.77. The maximum atomic E-state index is 12.7. The zero-order valence-electron chi connectivity index (χ0n) is 12.2. The lowest BCUT2D eigenvalue weighted by Crippen LogP contribution is -2.13. The van der Waals surface area contributed by atoms with Crippen LogP contribution in [-0.2, 0) is 19.6 Å². The smallest absolute Gasteiger partial charge is 0.309 e. The summed E-state index contributed by atoms with van der Waals surface area (Å²) in [4.78, 5) is 4.12. The van der Waals surface area contributed by atoms with E-state index in [0.717, 1.165) is 30.3 Å². The number of aryl methyl sites for hydroxylation is 2. The third-order valence-corrected chi connectivity index (χ3v) is 4.28. The Morgan fingerprint density at radius 1 is 1.29 bits per heavy atom. The molecule has 0 aliphatic carbocycles. The van der Waals surface area contributed by atoms with Crippen molar-refractivity contribution in [2.75, 3.05) is 20.6 Å². The lowest BCUT2D eigenvalue weighted by molar-refractivity contribution is -0.141. The monoisotopic (exact) mass is 317 g/mol. The van der Waals surface area contributed by atoms with Gasteiger partial charge in [0.15, 0.2) is 5.69 Å². The fourth-order valence-corrected chi connectivity index (χ4v) is 3.15. The predicted octanol–water partition coefficient (Wildman–Crippen LogP) is 3.66. The van der Waals surface area contributed by atoms with Crippen molar-refractivity contribution in [3.05, 3.63) is 28.8 Å². The van der Waals surface area contributed by atoms with Crippen LogP contribution in [0.15, 0.2) is 18.2 Å². The van der Waals surface area contributed by atoms with Crippen molar-refractivity contribution in [2.45, 2.75) is 19.0 Å². The number of halogens is 3. The summed E-state index contributed by atoms with van der Waals surface area (Å²) in [5.74, 6) is 0. The first-order valence-corrected chi connectivity index (χ1v) is 7.44. The molecule has 0 radical (unpaired) electrons. The van der Waals surface area contributed by atoms with Gasteiger partial charge >= 0.3 is 6.18 Å². The minimum atomic E-state index is -4.40. The van der Waals surface area contributed by atoms with E-state index in [9.17, 15) is 13.2 Å². The van der Waals surface area contributed by atoms with Crippen molar-refractivity contribution >= 4 is 11.3 Å². The Balaban J connectivity index is 2.12. The van der Waals surface area contributed by atoms with Crippen molar-refractivity contribution in [2.24, 2.45) is 7.05 Å². The highest BCUT2D eigenvalue weighted by Gasteiger charge is 2.34. The van der Waals surface area contributed by atoms with Crippen molar-refractivity contribution < 1.29 is 13.2 Å². The van der Waals surface area contributed by atoms with Gasteiger partial charge in [0, 0.05) is 11.9 Å². The van der Waals surface area contributed by atoms with Crippen LogP contribution in [0.25, 0.3) is 10.6 Å². The molecule has 0 saturated heterocycles. The van der Waals surface area contributed by atoms with Gasteiger partial charge in [-0.05, 0) is 51.7 Å². The number of rotatable bonds is 5. The SMILES string of the molecule is CN(C)CCCc1ccc(-c2cc(C(F)(F)F)nn2C)s1. The topological polar surface area (TPSA) is 21.1 Å². The standard InChI is InChI=1S/C14H18F3N3S/c1-19(2)8-4-5-10-6-7-12(21-10)11-9-13(14(15,16)17)18-20(11)3/h6-7,9H,4-5,8H2,1-3H3. The Bertz CT molecular complexity index is 599. The second-order valence-corrected chi connectivity index (χ2v) is 6.38. The molecule has 0 fully saturated rings. The zero-order chi connectivity index (χ0) is 15.6. The Hall–Kier alpha value is -1.34. The summed E-state index contributed by atoms with van der Waals surface area (Å²) >= 11 is 1.53. The third-order valence-electron chi connectivity index (χ3n) is 3.11. The first-order valence-electron chi connectivity index (χ1n) is 6.62. The van der Waals surface area contributed by atoms with Gasteiger partial charge in [0.2, 0.25) is 0 Å². The van der Waals surface area contributed by atoms with E-state index < -0.39 is 11.9 Å². The summed E-state index contributed by atoms with van der Waals surface area (Å²) in [5.41, 5.74) is -0.339. The van der Waals surface area contributed by atoms with E-state index in [2.05, 4.69) is 10.00 Å². The molecule has 7 heteroatoms. The Kier molecular flexibility index (Phi) is 4.73. The summed E-state index contributed by atoms with van der Waals surface area (Å²) in [6.07, 6.45) is -2.43. The van der Waals surface area contributed by atoms with Crippen LogP contribution in [0, 0.1) is 0 Å². The highest BCUT2D eigenvalue weighted by molar-refractivity contribution is 7.15. The van der Waals surface area contributed by atoms with Crippen LogP contribution < -0.4 is 0 Å². The first kappa shape index (κ1) is 16.0. The number of aromatic nitrogens is 2. The number of alkyl halides is 3. The highest BCUT2D eigenvalue weighted by atomic mass is 32.1. The van der Waals surface area contributed by atoms with Gasteiger partial charge in [0.1, 0.15) is 0 Å². The predicted molar refractivity (Wildman–Crippen MR) is 78.4 cm³/mol. The number of thiophene rings is 1. The minimum absolute atomic E-state index is 0.506. The van der Waals surface area contributed by atoms with Crippen LogP contribution >= 0.6 is 11.3 Å². The molecular weight excluding hydrogens is 299 g/mol. The van der Waals surface area contributed by atoms with Gasteiger partial charge in [-0.15, -0.1) is 11.3 Å². The van der Waals surface area contributed by atoms with Gasteiger partial charge in [0.25, 0.3) is 0 Å². The molecule has 0 aliphatic rings. The van der Waals surface area contributed by atoms with Gasteiger partial charge in [-0.3, -0.25) is 4.68 Å². The molecule has 0 aliphatic heterocycles. The molecule has 3 nitrogen and oxygen atoms in total. The largest absolute Gasteiger partial charge is 0.435 e. The second kappa shape index (κ2) is 6.19. The fraction of sp³-hybridized carbons (Fsp3) is 0.500. The zero-order valence-corrected chi connectivity index (χ0v) is 13.1. The number of nitrogens with zero attached hydrogens (tertiary/aromatic N) is 3. The van der Waals surface area contributed by atoms with E-state index in [1.165, 1.54) is 27.9 Å². The van der Waals surface area contributed by atoms with E-state index >= 15 is 0 Å². The molecule has 21 heavy (non-hydrogen) atoms. The molecular formula is C14H18F3N3S. The third kappa shape index (κ3) is 4.07. The summed E-state index contributed by atoms with van der Waals surface area (Å²) in [6, 6.07) is 4.96. The lowest BCUT2D eigenvalue weighted by Gasteiger charge is -2.07.